The molecule has 0 radical (unpaired) electrons. The molecule has 204 valence electrons. The van der Waals surface area contributed by atoms with Gasteiger partial charge in [-0.05, 0) is 78.2 Å². The molecule has 3 heterocycles. The van der Waals surface area contributed by atoms with Crippen molar-refractivity contribution in [2.75, 3.05) is 24.6 Å². The third kappa shape index (κ3) is 3.78. The zero-order valence-electron chi connectivity index (χ0n) is 21.4. The SMILES string of the molecule is CCOc1c(N2CC3(C2)OCc2cc(C4=NSC(c5cc(C)c(C)c(Cl)c5)(C(F)(F)F)C4)ccc23)c(=O)c1=O. The molecule has 1 unspecified atom stereocenters. The Morgan fingerprint density at radius 3 is 2.56 bits per heavy atom. The van der Waals surface area contributed by atoms with Crippen molar-refractivity contribution in [3.05, 3.63) is 89.2 Å². The molecule has 3 aliphatic rings. The molecule has 0 bridgehead atoms. The van der Waals surface area contributed by atoms with E-state index in [-0.39, 0.29) is 30.0 Å². The Hall–Kier alpha value is -2.82. The van der Waals surface area contributed by atoms with Crippen molar-refractivity contribution >= 4 is 34.9 Å². The highest BCUT2D eigenvalue weighted by Gasteiger charge is 2.60. The number of aryl methyl sites for hydroxylation is 1. The molecule has 6 rings (SSSR count). The summed E-state index contributed by atoms with van der Waals surface area (Å²) in [6.07, 6.45) is -4.87. The van der Waals surface area contributed by atoms with E-state index < -0.39 is 27.4 Å². The maximum absolute atomic E-state index is 14.6. The molecular formula is C28H24ClF3N2O4S. The minimum Gasteiger partial charge on any atom is -0.488 e. The number of hydrogen-bond donors (Lipinski definition) is 0. The van der Waals surface area contributed by atoms with Gasteiger partial charge in [-0.15, -0.1) is 0 Å². The zero-order valence-corrected chi connectivity index (χ0v) is 22.9. The molecule has 6 nitrogen and oxygen atoms in total. The van der Waals surface area contributed by atoms with Crippen LogP contribution < -0.4 is 20.5 Å². The average molecular weight is 577 g/mol. The number of halogens is 4. The Morgan fingerprint density at radius 1 is 1.15 bits per heavy atom. The Morgan fingerprint density at radius 2 is 1.90 bits per heavy atom. The molecule has 0 N–H and O–H groups in total. The van der Waals surface area contributed by atoms with Crippen LogP contribution in [0.5, 0.6) is 5.75 Å². The molecule has 3 aromatic carbocycles. The summed E-state index contributed by atoms with van der Waals surface area (Å²) in [6.45, 7) is 6.62. The predicted octanol–water partition coefficient (Wildman–Crippen LogP) is 5.50. The van der Waals surface area contributed by atoms with Gasteiger partial charge in [-0.1, -0.05) is 29.8 Å². The van der Waals surface area contributed by atoms with Crippen molar-refractivity contribution in [3.63, 3.8) is 0 Å². The standard InChI is InChI=1S/C28H24ClF3N2O4S/c1-4-37-25-22(23(35)24(25)36)34-12-26(13-34)19-6-5-16(8-17(19)11-38-26)21-10-27(39-33-21,28(30,31)32)18-7-14(2)15(3)20(29)9-18/h5-9H,4,10-13H2,1-3H3. The van der Waals surface area contributed by atoms with E-state index >= 15 is 0 Å². The van der Waals surface area contributed by atoms with Gasteiger partial charge in [-0.25, -0.2) is 4.40 Å². The second-order valence-corrected chi connectivity index (χ2v) is 11.8. The fourth-order valence-electron chi connectivity index (χ4n) is 5.65. The van der Waals surface area contributed by atoms with Gasteiger partial charge < -0.3 is 14.4 Å². The van der Waals surface area contributed by atoms with E-state index in [1.54, 1.807) is 37.8 Å². The Kier molecular flexibility index (Phi) is 5.99. The summed E-state index contributed by atoms with van der Waals surface area (Å²) in [6, 6.07) is 8.44. The Bertz CT molecular complexity index is 1600. The first-order chi connectivity index (χ1) is 18.4. The van der Waals surface area contributed by atoms with Gasteiger partial charge in [-0.3, -0.25) is 9.59 Å². The molecule has 1 spiro atoms. The number of fused-ring (bicyclic) bond motifs is 2. The Labute approximate surface area is 231 Å². The lowest BCUT2D eigenvalue weighted by molar-refractivity contribution is -0.159. The lowest BCUT2D eigenvalue weighted by Crippen LogP contribution is -2.62. The van der Waals surface area contributed by atoms with Crippen LogP contribution in [0.15, 0.2) is 44.3 Å². The number of nitrogens with zero attached hydrogens (tertiary/aromatic N) is 2. The van der Waals surface area contributed by atoms with Crippen molar-refractivity contribution in [1.29, 1.82) is 0 Å². The highest BCUT2D eigenvalue weighted by Crippen LogP contribution is 2.57. The van der Waals surface area contributed by atoms with E-state index in [0.717, 1.165) is 16.7 Å². The van der Waals surface area contributed by atoms with Crippen LogP contribution in [0.2, 0.25) is 5.02 Å². The molecule has 1 fully saturated rings. The molecule has 39 heavy (non-hydrogen) atoms. The quantitative estimate of drug-likeness (QED) is 0.295. The molecule has 1 saturated heterocycles. The van der Waals surface area contributed by atoms with Gasteiger partial charge in [0.2, 0.25) is 0 Å². The van der Waals surface area contributed by atoms with E-state index in [4.69, 9.17) is 21.1 Å². The van der Waals surface area contributed by atoms with Crippen molar-refractivity contribution in [2.45, 2.75) is 50.3 Å². The number of benzene rings is 2. The van der Waals surface area contributed by atoms with Crippen molar-refractivity contribution < 1.29 is 22.6 Å². The van der Waals surface area contributed by atoms with Crippen molar-refractivity contribution in [2.24, 2.45) is 4.40 Å². The van der Waals surface area contributed by atoms with Gasteiger partial charge >= 0.3 is 6.18 Å². The highest BCUT2D eigenvalue weighted by molar-refractivity contribution is 7.99. The van der Waals surface area contributed by atoms with Crippen LogP contribution in [0, 0.1) is 13.8 Å². The first kappa shape index (κ1) is 26.4. The van der Waals surface area contributed by atoms with Gasteiger partial charge in [0.15, 0.2) is 10.5 Å². The maximum Gasteiger partial charge on any atom is 0.409 e. The third-order valence-electron chi connectivity index (χ3n) is 8.03. The fraction of sp³-hybridized carbons (Fsp3) is 0.393. The minimum absolute atomic E-state index is 0.0922. The lowest BCUT2D eigenvalue weighted by Gasteiger charge is -2.49. The number of ether oxygens (including phenoxy) is 2. The van der Waals surface area contributed by atoms with Crippen LogP contribution in [0.4, 0.5) is 18.9 Å². The van der Waals surface area contributed by atoms with Gasteiger partial charge in [0.05, 0.1) is 32.0 Å². The average Bonchev–Trinajstić information content (AvgIpc) is 3.49. The van der Waals surface area contributed by atoms with Gasteiger partial charge in [-0.2, -0.15) is 13.2 Å². The third-order valence-corrected chi connectivity index (χ3v) is 9.66. The van der Waals surface area contributed by atoms with Crippen LogP contribution in [0.3, 0.4) is 0 Å². The highest BCUT2D eigenvalue weighted by atomic mass is 35.5. The molecular weight excluding hydrogens is 553 g/mol. The topological polar surface area (TPSA) is 68.2 Å². The summed E-state index contributed by atoms with van der Waals surface area (Å²) < 4.78 is 57.3. The molecule has 0 amide bonds. The number of hydrogen-bond acceptors (Lipinski definition) is 7. The zero-order chi connectivity index (χ0) is 27.9. The normalized spacial score (nSPS) is 21.8. The molecule has 3 aromatic rings. The first-order valence-corrected chi connectivity index (χ1v) is 13.6. The van der Waals surface area contributed by atoms with E-state index in [1.165, 1.54) is 6.07 Å². The van der Waals surface area contributed by atoms with E-state index in [0.29, 0.717) is 53.5 Å². The molecule has 1 atom stereocenters. The summed E-state index contributed by atoms with van der Waals surface area (Å²) in [5.74, 6) is 0.0980. The number of rotatable bonds is 5. The van der Waals surface area contributed by atoms with Crippen LogP contribution >= 0.6 is 23.5 Å². The van der Waals surface area contributed by atoms with E-state index in [9.17, 15) is 22.8 Å². The van der Waals surface area contributed by atoms with Crippen LogP contribution in [-0.4, -0.2) is 31.6 Å². The summed E-state index contributed by atoms with van der Waals surface area (Å²) in [7, 11) is 0. The van der Waals surface area contributed by atoms with Gasteiger partial charge in [0.1, 0.15) is 11.3 Å². The van der Waals surface area contributed by atoms with E-state index in [1.807, 2.05) is 12.1 Å². The van der Waals surface area contributed by atoms with Crippen LogP contribution in [0.25, 0.3) is 0 Å². The minimum atomic E-state index is -4.55. The van der Waals surface area contributed by atoms with E-state index in [2.05, 4.69) is 4.40 Å². The molecule has 0 saturated carbocycles. The monoisotopic (exact) mass is 576 g/mol. The first-order valence-electron chi connectivity index (χ1n) is 12.5. The summed E-state index contributed by atoms with van der Waals surface area (Å²) >= 11 is 6.81. The Balaban J connectivity index is 1.25. The number of alkyl halides is 3. The summed E-state index contributed by atoms with van der Waals surface area (Å²) in [5.41, 5.74) is 2.77. The molecule has 0 aromatic heterocycles. The number of anilines is 1. The lowest BCUT2D eigenvalue weighted by atomic mass is 9.83. The van der Waals surface area contributed by atoms with Crippen LogP contribution in [-0.2, 0) is 21.7 Å². The second-order valence-electron chi connectivity index (χ2n) is 10.3. The summed E-state index contributed by atoms with van der Waals surface area (Å²) in [4.78, 5) is 25.8. The van der Waals surface area contributed by atoms with Gasteiger partial charge in [0.25, 0.3) is 10.9 Å². The van der Waals surface area contributed by atoms with Crippen molar-refractivity contribution in [1.82, 2.24) is 0 Å². The molecule has 3 aliphatic heterocycles. The van der Waals surface area contributed by atoms with Crippen LogP contribution in [0.1, 0.15) is 46.7 Å². The van der Waals surface area contributed by atoms with Crippen molar-refractivity contribution in [3.8, 4) is 5.75 Å². The fourth-order valence-corrected chi connectivity index (χ4v) is 6.88. The second kappa shape index (κ2) is 8.84. The molecule has 11 heteroatoms. The smallest absolute Gasteiger partial charge is 0.409 e. The van der Waals surface area contributed by atoms with Gasteiger partial charge in [0, 0.05) is 11.4 Å². The largest absolute Gasteiger partial charge is 0.488 e. The molecule has 0 aliphatic carbocycles. The maximum atomic E-state index is 14.6. The predicted molar refractivity (Wildman–Crippen MR) is 145 cm³/mol. The summed E-state index contributed by atoms with van der Waals surface area (Å²) in [5, 5.41) is 0.300.